The molecule has 0 bridgehead atoms. The Hall–Kier alpha value is -2.10. The van der Waals surface area contributed by atoms with Crippen LogP contribution >= 0.6 is 23.2 Å². The van der Waals surface area contributed by atoms with E-state index in [-0.39, 0.29) is 32.0 Å². The van der Waals surface area contributed by atoms with Crippen LogP contribution in [0.3, 0.4) is 0 Å². The molecule has 1 heterocycles. The smallest absolute Gasteiger partial charge is 0.426 e. The molecule has 2 aromatic rings. The number of carbonyl (C=O) groups is 1. The Morgan fingerprint density at radius 2 is 1.94 bits per heavy atom. The first-order valence-corrected chi connectivity index (χ1v) is 11.9. The van der Waals surface area contributed by atoms with Gasteiger partial charge in [0, 0.05) is 22.9 Å². The van der Waals surface area contributed by atoms with Gasteiger partial charge in [-0.3, -0.25) is 4.79 Å². The average molecular weight is 507 g/mol. The highest BCUT2D eigenvalue weighted by Gasteiger charge is 2.48. The zero-order valence-electron chi connectivity index (χ0n) is 19.2. The van der Waals surface area contributed by atoms with Gasteiger partial charge in [-0.25, -0.2) is 0 Å². The number of nitrogens with zero attached hydrogens (tertiary/aromatic N) is 1. The maximum absolute atomic E-state index is 13.4. The lowest BCUT2D eigenvalue weighted by Gasteiger charge is -2.29. The summed E-state index contributed by atoms with van der Waals surface area (Å²) in [4.78, 5) is 19.1. The second kappa shape index (κ2) is 12.0. The van der Waals surface area contributed by atoms with Gasteiger partial charge in [0.2, 0.25) is 5.60 Å². The quantitative estimate of drug-likeness (QED) is 0.402. The molecule has 0 saturated heterocycles. The van der Waals surface area contributed by atoms with Crippen LogP contribution in [0, 0.1) is 5.92 Å². The largest absolute Gasteiger partial charge is 0.475 e. The molecule has 7 nitrogen and oxygen atoms in total. The van der Waals surface area contributed by atoms with Gasteiger partial charge in [0.15, 0.2) is 0 Å². The molecule has 3 N–H and O–H groups in total. The Balaban J connectivity index is 1.70. The molecule has 34 heavy (non-hydrogen) atoms. The topological polar surface area (TPSA) is 100 Å². The molecule has 1 amide bonds. The molecule has 0 radical (unpaired) electrons. The first kappa shape index (κ1) is 26.5. The summed E-state index contributed by atoms with van der Waals surface area (Å²) >= 11 is 12.2. The van der Waals surface area contributed by atoms with Crippen molar-refractivity contribution in [1.29, 1.82) is 0 Å². The number of oxime groups is 1. The Labute approximate surface area is 210 Å². The fourth-order valence-electron chi connectivity index (χ4n) is 3.84. The molecule has 0 fully saturated rings. The summed E-state index contributed by atoms with van der Waals surface area (Å²) in [5.74, 6) is -1.12. The van der Waals surface area contributed by atoms with Gasteiger partial charge in [0.25, 0.3) is 5.91 Å². The maximum Gasteiger partial charge on any atom is 0.475 e. The molecule has 1 unspecified atom stereocenters. The molecule has 182 valence electrons. The van der Waals surface area contributed by atoms with E-state index in [0.29, 0.717) is 22.2 Å². The highest BCUT2D eigenvalue weighted by molar-refractivity contribution is 6.43. The third-order valence-corrected chi connectivity index (χ3v) is 6.12. The van der Waals surface area contributed by atoms with E-state index >= 15 is 0 Å². The van der Waals surface area contributed by atoms with Gasteiger partial charge in [-0.15, -0.1) is 0 Å². The van der Waals surface area contributed by atoms with Crippen LogP contribution in [0.4, 0.5) is 0 Å². The molecular weight excluding hydrogens is 478 g/mol. The van der Waals surface area contributed by atoms with E-state index in [1.807, 2.05) is 44.2 Å². The lowest BCUT2D eigenvalue weighted by atomic mass is 9.74. The predicted octanol–water partition coefficient (Wildman–Crippen LogP) is 3.81. The van der Waals surface area contributed by atoms with Crippen molar-refractivity contribution in [2.75, 3.05) is 6.61 Å². The van der Waals surface area contributed by atoms with Crippen molar-refractivity contribution in [3.05, 3.63) is 69.7 Å². The summed E-state index contributed by atoms with van der Waals surface area (Å²) in [6, 6.07) is 14.6. The van der Waals surface area contributed by atoms with E-state index in [0.717, 1.165) is 11.1 Å². The number of nitrogens with one attached hydrogen (secondary N) is 1. The van der Waals surface area contributed by atoms with Crippen molar-refractivity contribution in [2.45, 2.75) is 51.3 Å². The summed E-state index contributed by atoms with van der Waals surface area (Å²) in [5, 5.41) is 27.6. The van der Waals surface area contributed by atoms with Gasteiger partial charge in [-0.2, -0.15) is 0 Å². The fraction of sp³-hybridized carbons (Fsp3) is 0.417. The van der Waals surface area contributed by atoms with E-state index in [1.54, 1.807) is 18.2 Å². The number of ether oxygens (including phenoxy) is 1. The number of hydrogen-bond donors (Lipinski definition) is 3. The number of benzene rings is 2. The van der Waals surface area contributed by atoms with Crippen molar-refractivity contribution < 1.29 is 24.4 Å². The van der Waals surface area contributed by atoms with Crippen molar-refractivity contribution in [1.82, 2.24) is 5.32 Å². The van der Waals surface area contributed by atoms with Crippen molar-refractivity contribution in [2.24, 2.45) is 11.1 Å². The van der Waals surface area contributed by atoms with Crippen LogP contribution in [0.25, 0.3) is 0 Å². The van der Waals surface area contributed by atoms with Crippen molar-refractivity contribution in [3.63, 3.8) is 0 Å². The Kier molecular flexibility index (Phi) is 9.39. The summed E-state index contributed by atoms with van der Waals surface area (Å²) in [7, 11) is -1.69. The van der Waals surface area contributed by atoms with Gasteiger partial charge in [-0.05, 0) is 41.7 Å². The van der Waals surface area contributed by atoms with Crippen molar-refractivity contribution in [3.8, 4) is 0 Å². The molecule has 0 aliphatic carbocycles. The lowest BCUT2D eigenvalue weighted by Crippen LogP contribution is -2.56. The Morgan fingerprint density at radius 3 is 2.62 bits per heavy atom. The van der Waals surface area contributed by atoms with Crippen LogP contribution in [0.2, 0.25) is 10.0 Å². The first-order chi connectivity index (χ1) is 16.2. The van der Waals surface area contributed by atoms with Crippen LogP contribution < -0.4 is 5.32 Å². The van der Waals surface area contributed by atoms with E-state index in [2.05, 4.69) is 10.5 Å². The molecule has 0 spiro atoms. The molecule has 1 aliphatic heterocycles. The molecule has 1 aliphatic rings. The van der Waals surface area contributed by atoms with Gasteiger partial charge >= 0.3 is 7.12 Å². The fourth-order valence-corrected chi connectivity index (χ4v) is 4.21. The number of halogens is 2. The minimum atomic E-state index is -1.69. The van der Waals surface area contributed by atoms with Gasteiger partial charge in [0.05, 0.1) is 24.9 Å². The number of carbonyl (C=O) groups excluding carboxylic acids is 1. The summed E-state index contributed by atoms with van der Waals surface area (Å²) < 4.78 is 5.77. The van der Waals surface area contributed by atoms with Crippen LogP contribution in [0.15, 0.2) is 53.7 Å². The SMILES string of the molecule is CC(C)C[C@H](NC(=O)C1(Cc2ccccc2)CC(COCc2cc(Cl)ccc2Cl)=NO1)B(O)O. The zero-order chi connectivity index (χ0) is 24.7. The highest BCUT2D eigenvalue weighted by atomic mass is 35.5. The molecule has 2 aromatic carbocycles. The summed E-state index contributed by atoms with van der Waals surface area (Å²) in [6.07, 6.45) is 0.873. The Bertz CT molecular complexity index is 1010. The van der Waals surface area contributed by atoms with Crippen molar-refractivity contribution >= 4 is 41.9 Å². The van der Waals surface area contributed by atoms with E-state index in [4.69, 9.17) is 32.8 Å². The molecule has 3 rings (SSSR count). The maximum atomic E-state index is 13.4. The average Bonchev–Trinajstić information content (AvgIpc) is 3.20. The van der Waals surface area contributed by atoms with Crippen LogP contribution in [-0.2, 0) is 27.4 Å². The van der Waals surface area contributed by atoms with Gasteiger partial charge in [-0.1, -0.05) is 72.5 Å². The van der Waals surface area contributed by atoms with E-state index in [1.165, 1.54) is 0 Å². The number of amides is 1. The molecule has 0 saturated carbocycles. The van der Waals surface area contributed by atoms with Crippen LogP contribution in [0.1, 0.15) is 37.8 Å². The van der Waals surface area contributed by atoms with E-state index in [9.17, 15) is 14.8 Å². The molecule has 0 aromatic heterocycles. The summed E-state index contributed by atoms with van der Waals surface area (Å²) in [6.45, 7) is 4.25. The zero-order valence-corrected chi connectivity index (χ0v) is 20.7. The lowest BCUT2D eigenvalue weighted by molar-refractivity contribution is -0.144. The second-order valence-corrected chi connectivity index (χ2v) is 9.78. The van der Waals surface area contributed by atoms with Gasteiger partial charge in [0.1, 0.15) is 0 Å². The first-order valence-electron chi connectivity index (χ1n) is 11.1. The number of hydrogen-bond acceptors (Lipinski definition) is 6. The highest BCUT2D eigenvalue weighted by Crippen LogP contribution is 2.30. The predicted molar refractivity (Wildman–Crippen MR) is 134 cm³/mol. The van der Waals surface area contributed by atoms with Crippen LogP contribution in [0.5, 0.6) is 0 Å². The minimum Gasteiger partial charge on any atom is -0.426 e. The monoisotopic (exact) mass is 506 g/mol. The normalized spacial score (nSPS) is 18.4. The van der Waals surface area contributed by atoms with E-state index < -0.39 is 24.6 Å². The standard InChI is InChI=1S/C24H29BCl2N2O5/c1-16(2)10-22(25(31)32)28-23(30)24(12-17-6-4-3-5-7-17)13-20(29-34-24)15-33-14-18-11-19(26)8-9-21(18)27/h3-9,11,16,22,31-32H,10,12-15H2,1-2H3,(H,28,30)/t22-,24?/m0/s1. The summed E-state index contributed by atoms with van der Waals surface area (Å²) in [5.41, 5.74) is 0.882. The molecule has 2 atom stereocenters. The minimum absolute atomic E-state index is 0.144. The number of rotatable bonds is 11. The van der Waals surface area contributed by atoms with Gasteiger partial charge < -0.3 is 24.9 Å². The molecular formula is C24H29BCl2N2O5. The third kappa shape index (κ3) is 7.20. The Morgan fingerprint density at radius 1 is 1.21 bits per heavy atom. The second-order valence-electron chi connectivity index (χ2n) is 8.93. The third-order valence-electron chi connectivity index (χ3n) is 5.52. The van der Waals surface area contributed by atoms with Crippen LogP contribution in [-0.4, -0.2) is 46.9 Å². The molecule has 10 heteroatoms.